The van der Waals surface area contributed by atoms with Crippen molar-refractivity contribution in [2.24, 2.45) is 5.92 Å². The molecule has 0 N–H and O–H groups in total. The first-order chi connectivity index (χ1) is 12.2. The molecule has 0 bridgehead atoms. The van der Waals surface area contributed by atoms with E-state index in [9.17, 15) is 4.79 Å². The van der Waals surface area contributed by atoms with E-state index in [4.69, 9.17) is 4.98 Å². The maximum atomic E-state index is 11.6. The Morgan fingerprint density at radius 3 is 3.08 bits per heavy atom. The number of likely N-dealkylation sites (tertiary alicyclic amines) is 1. The summed E-state index contributed by atoms with van der Waals surface area (Å²) in [6.07, 6.45) is 12.0. The molecule has 0 aliphatic carbocycles. The number of carbonyl (C=O) groups excluding carboxylic acids is 1. The molecular weight excluding hydrogens is 316 g/mol. The topological polar surface area (TPSA) is 76.3 Å². The lowest BCUT2D eigenvalue weighted by Crippen LogP contribution is -2.39. The van der Waals surface area contributed by atoms with Crippen LogP contribution in [-0.4, -0.2) is 48.2 Å². The van der Waals surface area contributed by atoms with E-state index in [2.05, 4.69) is 15.0 Å². The highest BCUT2D eigenvalue weighted by atomic mass is 16.2. The van der Waals surface area contributed by atoms with Gasteiger partial charge in [-0.05, 0) is 31.2 Å². The van der Waals surface area contributed by atoms with Crippen molar-refractivity contribution >= 4 is 11.7 Å². The average molecular weight is 336 g/mol. The second-order valence-corrected chi connectivity index (χ2v) is 6.51. The lowest BCUT2D eigenvalue weighted by molar-refractivity contribution is -0.130. The molecular formula is C18H20N6O. The third kappa shape index (κ3) is 3.22. The third-order valence-corrected chi connectivity index (χ3v) is 4.70. The SMILES string of the molecule is CC(=O)N1CCC[C@@H](Cc2cncc(-c3cnc4ncccn34)n2)C1. The number of carbonyl (C=O) groups is 1. The zero-order chi connectivity index (χ0) is 17.2. The molecule has 4 heterocycles. The Kier molecular flexibility index (Phi) is 4.13. The van der Waals surface area contributed by atoms with Gasteiger partial charge in [-0.25, -0.2) is 15.0 Å². The highest BCUT2D eigenvalue weighted by molar-refractivity contribution is 5.73. The number of amides is 1. The largest absolute Gasteiger partial charge is 0.343 e. The van der Waals surface area contributed by atoms with E-state index in [0.717, 1.165) is 49.4 Å². The molecule has 0 saturated carbocycles. The van der Waals surface area contributed by atoms with Crippen molar-refractivity contribution in [1.29, 1.82) is 0 Å². The van der Waals surface area contributed by atoms with Gasteiger partial charge in [0, 0.05) is 38.6 Å². The Balaban J connectivity index is 1.56. The number of fused-ring (bicyclic) bond motifs is 1. The molecule has 7 heteroatoms. The Morgan fingerprint density at radius 1 is 1.28 bits per heavy atom. The zero-order valence-electron chi connectivity index (χ0n) is 14.2. The molecule has 1 fully saturated rings. The fraction of sp³-hybridized carbons (Fsp3) is 0.389. The summed E-state index contributed by atoms with van der Waals surface area (Å²) in [5.41, 5.74) is 2.62. The van der Waals surface area contributed by atoms with Crippen molar-refractivity contribution in [3.8, 4) is 11.4 Å². The average Bonchev–Trinajstić information content (AvgIpc) is 3.06. The van der Waals surface area contributed by atoms with Crippen molar-refractivity contribution in [2.45, 2.75) is 26.2 Å². The Hall–Kier alpha value is -2.83. The summed E-state index contributed by atoms with van der Waals surface area (Å²) in [4.78, 5) is 31.2. The lowest BCUT2D eigenvalue weighted by atomic mass is 9.93. The number of rotatable bonds is 3. The fourth-order valence-corrected chi connectivity index (χ4v) is 3.46. The molecule has 0 radical (unpaired) electrons. The van der Waals surface area contributed by atoms with Crippen molar-refractivity contribution in [3.63, 3.8) is 0 Å². The third-order valence-electron chi connectivity index (χ3n) is 4.70. The first kappa shape index (κ1) is 15.7. The molecule has 1 amide bonds. The molecule has 1 saturated heterocycles. The van der Waals surface area contributed by atoms with E-state index < -0.39 is 0 Å². The van der Waals surface area contributed by atoms with Gasteiger partial charge in [0.2, 0.25) is 11.7 Å². The van der Waals surface area contributed by atoms with Gasteiger partial charge in [-0.1, -0.05) is 0 Å². The summed E-state index contributed by atoms with van der Waals surface area (Å²) >= 11 is 0. The number of hydrogen-bond donors (Lipinski definition) is 0. The predicted molar refractivity (Wildman–Crippen MR) is 92.7 cm³/mol. The van der Waals surface area contributed by atoms with E-state index >= 15 is 0 Å². The van der Waals surface area contributed by atoms with Gasteiger partial charge < -0.3 is 4.90 Å². The highest BCUT2D eigenvalue weighted by Crippen LogP contribution is 2.22. The maximum absolute atomic E-state index is 11.6. The summed E-state index contributed by atoms with van der Waals surface area (Å²) < 4.78 is 1.91. The summed E-state index contributed by atoms with van der Waals surface area (Å²) in [5, 5.41) is 0. The van der Waals surface area contributed by atoms with Crippen LogP contribution >= 0.6 is 0 Å². The number of hydrogen-bond acceptors (Lipinski definition) is 5. The van der Waals surface area contributed by atoms with Gasteiger partial charge in [0.15, 0.2) is 0 Å². The van der Waals surface area contributed by atoms with Gasteiger partial charge in [0.25, 0.3) is 0 Å². The Morgan fingerprint density at radius 2 is 2.20 bits per heavy atom. The molecule has 128 valence electrons. The molecule has 25 heavy (non-hydrogen) atoms. The van der Waals surface area contributed by atoms with Crippen LogP contribution in [0.1, 0.15) is 25.5 Å². The van der Waals surface area contributed by atoms with Crippen LogP contribution in [0, 0.1) is 5.92 Å². The van der Waals surface area contributed by atoms with Crippen LogP contribution in [0.3, 0.4) is 0 Å². The van der Waals surface area contributed by atoms with Crippen LogP contribution in [0.2, 0.25) is 0 Å². The smallest absolute Gasteiger partial charge is 0.234 e. The normalized spacial score (nSPS) is 17.8. The second kappa shape index (κ2) is 6.58. The lowest BCUT2D eigenvalue weighted by Gasteiger charge is -2.31. The van der Waals surface area contributed by atoms with Gasteiger partial charge in [-0.3, -0.25) is 14.2 Å². The molecule has 0 aromatic carbocycles. The molecule has 0 spiro atoms. The van der Waals surface area contributed by atoms with Gasteiger partial charge in [-0.15, -0.1) is 0 Å². The highest BCUT2D eigenvalue weighted by Gasteiger charge is 2.22. The Bertz CT molecular complexity index is 905. The number of aromatic nitrogens is 5. The van der Waals surface area contributed by atoms with Crippen molar-refractivity contribution in [3.05, 3.63) is 42.7 Å². The van der Waals surface area contributed by atoms with E-state index in [-0.39, 0.29) is 5.91 Å². The quantitative estimate of drug-likeness (QED) is 0.731. The molecule has 1 aliphatic heterocycles. The molecule has 0 unspecified atom stereocenters. The van der Waals surface area contributed by atoms with Crippen LogP contribution in [0.5, 0.6) is 0 Å². The Labute approximate surface area is 145 Å². The standard InChI is InChI=1S/C18H20N6O/c1-13(25)23-6-2-4-14(12-23)8-15-9-19-10-16(22-15)17-11-21-18-20-5-3-7-24(17)18/h3,5,7,9-11,14H,2,4,6,8,12H2,1H3/t14-/m0/s1. The van der Waals surface area contributed by atoms with Gasteiger partial charge >= 0.3 is 0 Å². The van der Waals surface area contributed by atoms with Gasteiger partial charge in [-0.2, -0.15) is 0 Å². The molecule has 1 atom stereocenters. The number of imidazole rings is 1. The van der Waals surface area contributed by atoms with E-state index in [1.54, 1.807) is 25.5 Å². The van der Waals surface area contributed by atoms with Gasteiger partial charge in [0.1, 0.15) is 5.69 Å². The monoisotopic (exact) mass is 336 g/mol. The first-order valence-electron chi connectivity index (χ1n) is 8.55. The molecule has 3 aromatic heterocycles. The maximum Gasteiger partial charge on any atom is 0.234 e. The van der Waals surface area contributed by atoms with Crippen LogP contribution in [0.4, 0.5) is 0 Å². The van der Waals surface area contributed by atoms with Crippen molar-refractivity contribution in [2.75, 3.05) is 13.1 Å². The molecule has 3 aromatic rings. The minimum Gasteiger partial charge on any atom is -0.343 e. The van der Waals surface area contributed by atoms with Crippen LogP contribution in [0.15, 0.2) is 37.1 Å². The van der Waals surface area contributed by atoms with Crippen LogP contribution in [-0.2, 0) is 11.2 Å². The molecule has 7 nitrogen and oxygen atoms in total. The molecule has 4 rings (SSSR count). The summed E-state index contributed by atoms with van der Waals surface area (Å²) in [5.74, 6) is 1.24. The first-order valence-corrected chi connectivity index (χ1v) is 8.55. The van der Waals surface area contributed by atoms with Gasteiger partial charge in [0.05, 0.1) is 23.8 Å². The fourth-order valence-electron chi connectivity index (χ4n) is 3.46. The zero-order valence-corrected chi connectivity index (χ0v) is 14.2. The van der Waals surface area contributed by atoms with E-state index in [1.165, 1.54) is 0 Å². The second-order valence-electron chi connectivity index (χ2n) is 6.51. The van der Waals surface area contributed by atoms with Crippen LogP contribution < -0.4 is 0 Å². The summed E-state index contributed by atoms with van der Waals surface area (Å²) in [6, 6.07) is 1.87. The van der Waals surface area contributed by atoms with Crippen molar-refractivity contribution < 1.29 is 4.79 Å². The summed E-state index contributed by atoms with van der Waals surface area (Å²) in [6.45, 7) is 3.31. The number of nitrogens with zero attached hydrogens (tertiary/aromatic N) is 6. The van der Waals surface area contributed by atoms with E-state index in [0.29, 0.717) is 11.7 Å². The number of piperidine rings is 1. The van der Waals surface area contributed by atoms with Crippen LogP contribution in [0.25, 0.3) is 17.2 Å². The minimum atomic E-state index is 0.155. The van der Waals surface area contributed by atoms with E-state index in [1.807, 2.05) is 27.8 Å². The predicted octanol–water partition coefficient (Wildman–Crippen LogP) is 1.99. The minimum absolute atomic E-state index is 0.155. The summed E-state index contributed by atoms with van der Waals surface area (Å²) in [7, 11) is 0. The molecule has 1 aliphatic rings. The van der Waals surface area contributed by atoms with Crippen molar-refractivity contribution in [1.82, 2.24) is 29.2 Å².